The zero-order valence-corrected chi connectivity index (χ0v) is 19.0. The molecule has 0 aromatic carbocycles. The second-order valence-electron chi connectivity index (χ2n) is 7.74. The average Bonchev–Trinajstić information content (AvgIpc) is 3.47. The maximum atomic E-state index is 12.7. The molecular formula is C23H28N4O3S. The highest BCUT2D eigenvalue weighted by atomic mass is 32.1. The molecule has 3 rings (SSSR count). The molecule has 7 nitrogen and oxygen atoms in total. The third kappa shape index (κ3) is 6.01. The number of allylic oxidation sites excluding steroid dienone is 4. The molecule has 0 aliphatic carbocycles. The van der Waals surface area contributed by atoms with Crippen molar-refractivity contribution in [2.45, 2.75) is 46.1 Å². The van der Waals surface area contributed by atoms with E-state index in [1.54, 1.807) is 22.3 Å². The van der Waals surface area contributed by atoms with E-state index in [0.29, 0.717) is 25.3 Å². The molecule has 2 aromatic heterocycles. The molecule has 1 unspecified atom stereocenters. The lowest BCUT2D eigenvalue weighted by Crippen LogP contribution is -2.46. The number of hydrogen-bond donors (Lipinski definition) is 1. The summed E-state index contributed by atoms with van der Waals surface area (Å²) >= 11 is 1.57. The lowest BCUT2D eigenvalue weighted by molar-refractivity contribution is -0.138. The number of nitrogens with one attached hydrogen (secondary N) is 1. The minimum atomic E-state index is -0.436. The van der Waals surface area contributed by atoms with Crippen molar-refractivity contribution in [2.24, 2.45) is 0 Å². The highest BCUT2D eigenvalue weighted by molar-refractivity contribution is 7.11. The van der Waals surface area contributed by atoms with Gasteiger partial charge in [-0.1, -0.05) is 35.5 Å². The third-order valence-electron chi connectivity index (χ3n) is 5.13. The molecule has 2 aromatic rings. The largest absolute Gasteiger partial charge is 0.361 e. The van der Waals surface area contributed by atoms with Crippen LogP contribution in [0.2, 0.25) is 0 Å². The third-order valence-corrected chi connectivity index (χ3v) is 6.14. The Labute approximate surface area is 186 Å². The summed E-state index contributed by atoms with van der Waals surface area (Å²) in [5.41, 5.74) is 5.44. The Kier molecular flexibility index (Phi) is 7.57. The lowest BCUT2D eigenvalue weighted by atomic mass is 10.1. The summed E-state index contributed by atoms with van der Waals surface area (Å²) in [5.74, 6) is 0.288. The van der Waals surface area contributed by atoms with Crippen LogP contribution in [0.25, 0.3) is 5.57 Å². The predicted molar refractivity (Wildman–Crippen MR) is 121 cm³/mol. The molecule has 2 amide bonds. The van der Waals surface area contributed by atoms with E-state index in [9.17, 15) is 9.59 Å². The fourth-order valence-electron chi connectivity index (χ4n) is 3.51. The van der Waals surface area contributed by atoms with Gasteiger partial charge < -0.3 is 14.7 Å². The van der Waals surface area contributed by atoms with E-state index >= 15 is 0 Å². The maximum Gasteiger partial charge on any atom is 0.243 e. The summed E-state index contributed by atoms with van der Waals surface area (Å²) in [6.07, 6.45) is 7.42. The summed E-state index contributed by atoms with van der Waals surface area (Å²) in [5, 5.41) is 6.76. The number of carbonyl (C=O) groups is 2. The number of rotatable bonds is 8. The van der Waals surface area contributed by atoms with Gasteiger partial charge in [0.2, 0.25) is 11.8 Å². The van der Waals surface area contributed by atoms with E-state index in [1.807, 2.05) is 44.5 Å². The van der Waals surface area contributed by atoms with Crippen LogP contribution in [0, 0.1) is 13.8 Å². The van der Waals surface area contributed by atoms with Crippen LogP contribution in [-0.4, -0.2) is 46.0 Å². The number of likely N-dealkylation sites (tertiary alicyclic amines) is 1. The van der Waals surface area contributed by atoms with Gasteiger partial charge in [0.25, 0.3) is 0 Å². The quantitative estimate of drug-likeness (QED) is 0.634. The first-order valence-electron chi connectivity index (χ1n) is 10.3. The topological polar surface area (TPSA) is 88.3 Å². The van der Waals surface area contributed by atoms with E-state index in [4.69, 9.17) is 4.52 Å². The van der Waals surface area contributed by atoms with Gasteiger partial charge in [0.15, 0.2) is 0 Å². The molecular weight excluding hydrogens is 412 g/mol. The van der Waals surface area contributed by atoms with Gasteiger partial charge in [-0.2, -0.15) is 0 Å². The highest BCUT2D eigenvalue weighted by Crippen LogP contribution is 2.22. The van der Waals surface area contributed by atoms with Crippen LogP contribution in [0.1, 0.15) is 41.8 Å². The zero-order chi connectivity index (χ0) is 22.4. The number of aryl methyl sites for hydroxylation is 2. The molecule has 3 heterocycles. The van der Waals surface area contributed by atoms with Crippen molar-refractivity contribution in [3.05, 3.63) is 64.0 Å². The summed E-state index contributed by atoms with van der Waals surface area (Å²) in [4.78, 5) is 32.3. The summed E-state index contributed by atoms with van der Waals surface area (Å²) < 4.78 is 5.13. The molecule has 1 aliphatic heterocycles. The Hall–Kier alpha value is -3.00. The molecule has 1 aliphatic rings. The molecule has 0 spiro atoms. The summed E-state index contributed by atoms with van der Waals surface area (Å²) in [6.45, 7) is 10.8. The maximum absolute atomic E-state index is 12.7. The second kappa shape index (κ2) is 10.3. The first kappa shape index (κ1) is 22.7. The van der Waals surface area contributed by atoms with Crippen LogP contribution in [0.3, 0.4) is 0 Å². The standard InChI is InChI=1S/C23H28N4O3S/c1-15(7-5-8-16(2)22-18(4)25-14-31-22)13-24-23(29)20-9-6-10-27(20)21(28)12-19-11-17(3)26-30-19/h5,7-8,11,14,20H,2,6,9-10,12-13H2,1,3-4H3,(H,24,29)/b8-5-,15-7+. The minimum absolute atomic E-state index is 0.110. The SMILES string of the molecule is C=C(/C=C\C=C(/C)CNC(=O)C1CCCN1C(=O)Cc1cc(C)no1)c1scnc1C. The first-order valence-corrected chi connectivity index (χ1v) is 11.2. The molecule has 8 heteroatoms. The second-order valence-corrected chi connectivity index (χ2v) is 8.59. The molecule has 31 heavy (non-hydrogen) atoms. The molecule has 0 radical (unpaired) electrons. The number of thiazole rings is 1. The number of hydrogen-bond acceptors (Lipinski definition) is 6. The Balaban J connectivity index is 1.50. The minimum Gasteiger partial charge on any atom is -0.361 e. The summed E-state index contributed by atoms with van der Waals surface area (Å²) in [7, 11) is 0. The van der Waals surface area contributed by atoms with E-state index < -0.39 is 6.04 Å². The van der Waals surface area contributed by atoms with E-state index in [0.717, 1.165) is 33.8 Å². The number of aromatic nitrogens is 2. The van der Waals surface area contributed by atoms with Crippen molar-refractivity contribution >= 4 is 28.7 Å². The Morgan fingerprint density at radius 2 is 2.23 bits per heavy atom. The predicted octanol–water partition coefficient (Wildman–Crippen LogP) is 3.61. The zero-order valence-electron chi connectivity index (χ0n) is 18.2. The monoisotopic (exact) mass is 440 g/mol. The Morgan fingerprint density at radius 3 is 2.90 bits per heavy atom. The van der Waals surface area contributed by atoms with Crippen molar-refractivity contribution in [3.63, 3.8) is 0 Å². The number of nitrogens with zero attached hydrogens (tertiary/aromatic N) is 3. The van der Waals surface area contributed by atoms with Crippen LogP contribution in [0.15, 0.2) is 46.5 Å². The normalized spacial score (nSPS) is 16.8. The van der Waals surface area contributed by atoms with Gasteiger partial charge in [-0.15, -0.1) is 11.3 Å². The van der Waals surface area contributed by atoms with Crippen molar-refractivity contribution in [1.29, 1.82) is 0 Å². The highest BCUT2D eigenvalue weighted by Gasteiger charge is 2.34. The van der Waals surface area contributed by atoms with Crippen LogP contribution in [0.5, 0.6) is 0 Å². The van der Waals surface area contributed by atoms with Gasteiger partial charge in [-0.3, -0.25) is 9.59 Å². The van der Waals surface area contributed by atoms with Crippen molar-refractivity contribution in [1.82, 2.24) is 20.4 Å². The molecule has 1 fully saturated rings. The van der Waals surface area contributed by atoms with Gasteiger partial charge in [0.1, 0.15) is 11.8 Å². The van der Waals surface area contributed by atoms with Gasteiger partial charge in [-0.05, 0) is 39.2 Å². The summed E-state index contributed by atoms with van der Waals surface area (Å²) in [6, 6.07) is 1.31. The van der Waals surface area contributed by atoms with Crippen LogP contribution >= 0.6 is 11.3 Å². The fourth-order valence-corrected chi connectivity index (χ4v) is 4.26. The lowest BCUT2D eigenvalue weighted by Gasteiger charge is -2.23. The van der Waals surface area contributed by atoms with E-state index in [1.165, 1.54) is 0 Å². The molecule has 1 saturated heterocycles. The van der Waals surface area contributed by atoms with E-state index in [-0.39, 0.29) is 18.2 Å². The van der Waals surface area contributed by atoms with Crippen LogP contribution in [0.4, 0.5) is 0 Å². The van der Waals surface area contributed by atoms with Gasteiger partial charge >= 0.3 is 0 Å². The molecule has 164 valence electrons. The van der Waals surface area contributed by atoms with Gasteiger partial charge in [0, 0.05) is 19.2 Å². The number of amides is 2. The average molecular weight is 441 g/mol. The fraction of sp³-hybridized carbons (Fsp3) is 0.391. The van der Waals surface area contributed by atoms with Gasteiger partial charge in [0.05, 0.1) is 28.2 Å². The molecule has 1 N–H and O–H groups in total. The van der Waals surface area contributed by atoms with Crippen LogP contribution < -0.4 is 5.32 Å². The van der Waals surface area contributed by atoms with Crippen molar-refractivity contribution in [3.8, 4) is 0 Å². The van der Waals surface area contributed by atoms with Crippen LogP contribution in [-0.2, 0) is 16.0 Å². The van der Waals surface area contributed by atoms with Crippen molar-refractivity contribution in [2.75, 3.05) is 13.1 Å². The molecule has 1 atom stereocenters. The Bertz CT molecular complexity index is 1020. The molecule has 0 bridgehead atoms. The van der Waals surface area contributed by atoms with Crippen molar-refractivity contribution < 1.29 is 14.1 Å². The number of carbonyl (C=O) groups excluding carboxylic acids is 2. The van der Waals surface area contributed by atoms with E-state index in [2.05, 4.69) is 22.0 Å². The smallest absolute Gasteiger partial charge is 0.243 e. The van der Waals surface area contributed by atoms with Gasteiger partial charge in [-0.25, -0.2) is 4.98 Å². The Morgan fingerprint density at radius 1 is 1.42 bits per heavy atom. The molecule has 0 saturated carbocycles. The first-order chi connectivity index (χ1) is 14.8.